The highest BCUT2D eigenvalue weighted by molar-refractivity contribution is 7.10. The summed E-state index contributed by atoms with van der Waals surface area (Å²) in [4.78, 5) is 11.2. The third-order valence-corrected chi connectivity index (χ3v) is 3.03. The van der Waals surface area contributed by atoms with Gasteiger partial charge in [-0.1, -0.05) is 11.6 Å². The first-order valence-electron chi connectivity index (χ1n) is 3.81. The largest absolute Gasteiger partial charge is 0.481 e. The molecule has 1 aromatic rings. The molecular formula is C8H10ClNO2S. The Hall–Kier alpha value is -0.580. The lowest BCUT2D eigenvalue weighted by atomic mass is 10.1. The van der Waals surface area contributed by atoms with Crippen molar-refractivity contribution in [3.8, 4) is 0 Å². The van der Waals surface area contributed by atoms with E-state index in [0.717, 1.165) is 4.88 Å². The van der Waals surface area contributed by atoms with Gasteiger partial charge in [-0.3, -0.25) is 4.79 Å². The minimum Gasteiger partial charge on any atom is -0.481 e. The Bertz CT molecular complexity index is 300. The molecular weight excluding hydrogens is 210 g/mol. The molecule has 0 saturated heterocycles. The molecule has 3 N–H and O–H groups in total. The van der Waals surface area contributed by atoms with Crippen molar-refractivity contribution in [2.75, 3.05) is 0 Å². The highest BCUT2D eigenvalue weighted by Gasteiger charge is 2.10. The zero-order chi connectivity index (χ0) is 9.84. The van der Waals surface area contributed by atoms with Crippen LogP contribution < -0.4 is 5.73 Å². The third kappa shape index (κ3) is 3.34. The highest BCUT2D eigenvalue weighted by Crippen LogP contribution is 2.26. The van der Waals surface area contributed by atoms with Gasteiger partial charge >= 0.3 is 5.97 Å². The van der Waals surface area contributed by atoms with Crippen LogP contribution in [0.5, 0.6) is 0 Å². The molecule has 1 aromatic heterocycles. The first-order chi connectivity index (χ1) is 6.09. The smallest absolute Gasteiger partial charge is 0.303 e. The fourth-order valence-electron chi connectivity index (χ4n) is 0.944. The van der Waals surface area contributed by atoms with E-state index >= 15 is 0 Å². The fourth-order valence-corrected chi connectivity index (χ4v) is 2.06. The average molecular weight is 220 g/mol. The van der Waals surface area contributed by atoms with Crippen LogP contribution >= 0.6 is 22.9 Å². The number of thiophene rings is 1. The Morgan fingerprint density at radius 2 is 2.46 bits per heavy atom. The standard InChI is InChI=1S/C8H10ClNO2S/c9-5-3-7(13-4-5)6(10)1-2-8(11)12/h3-4,6H,1-2,10H2,(H,11,12). The predicted octanol–water partition coefficient (Wildman–Crippen LogP) is 2.27. The van der Waals surface area contributed by atoms with Crippen molar-refractivity contribution in [3.63, 3.8) is 0 Å². The first kappa shape index (κ1) is 10.5. The van der Waals surface area contributed by atoms with Crippen LogP contribution in [-0.4, -0.2) is 11.1 Å². The summed E-state index contributed by atoms with van der Waals surface area (Å²) in [6.45, 7) is 0. The van der Waals surface area contributed by atoms with Gasteiger partial charge in [-0.15, -0.1) is 11.3 Å². The number of nitrogens with two attached hydrogens (primary N) is 1. The number of carbonyl (C=O) groups is 1. The monoisotopic (exact) mass is 219 g/mol. The summed E-state index contributed by atoms with van der Waals surface area (Å²) >= 11 is 7.17. The maximum absolute atomic E-state index is 10.3. The second-order valence-electron chi connectivity index (χ2n) is 2.71. The van der Waals surface area contributed by atoms with E-state index in [1.165, 1.54) is 11.3 Å². The van der Waals surface area contributed by atoms with Gasteiger partial charge in [0.25, 0.3) is 0 Å². The van der Waals surface area contributed by atoms with Gasteiger partial charge in [-0.2, -0.15) is 0 Å². The van der Waals surface area contributed by atoms with Crippen LogP contribution in [0.25, 0.3) is 0 Å². The van der Waals surface area contributed by atoms with Crippen LogP contribution in [0.3, 0.4) is 0 Å². The summed E-state index contributed by atoms with van der Waals surface area (Å²) in [6, 6.07) is 1.56. The minimum atomic E-state index is -0.821. The minimum absolute atomic E-state index is 0.0939. The van der Waals surface area contributed by atoms with E-state index in [9.17, 15) is 4.79 Å². The van der Waals surface area contributed by atoms with E-state index in [0.29, 0.717) is 11.4 Å². The van der Waals surface area contributed by atoms with Gasteiger partial charge in [-0.05, 0) is 12.5 Å². The summed E-state index contributed by atoms with van der Waals surface area (Å²) in [5.41, 5.74) is 5.75. The van der Waals surface area contributed by atoms with E-state index in [4.69, 9.17) is 22.4 Å². The van der Waals surface area contributed by atoms with Gasteiger partial charge in [0.05, 0.1) is 5.02 Å². The molecule has 72 valence electrons. The maximum atomic E-state index is 10.3. The van der Waals surface area contributed by atoms with Gasteiger partial charge in [0.1, 0.15) is 0 Å². The Morgan fingerprint density at radius 3 is 2.92 bits per heavy atom. The van der Waals surface area contributed by atoms with E-state index in [1.54, 1.807) is 11.4 Å². The van der Waals surface area contributed by atoms with E-state index < -0.39 is 5.97 Å². The average Bonchev–Trinajstić information content (AvgIpc) is 2.47. The molecule has 1 atom stereocenters. The second kappa shape index (κ2) is 4.60. The van der Waals surface area contributed by atoms with Gasteiger partial charge in [-0.25, -0.2) is 0 Å². The van der Waals surface area contributed by atoms with Gasteiger partial charge in [0, 0.05) is 22.7 Å². The topological polar surface area (TPSA) is 63.3 Å². The Kier molecular flexibility index (Phi) is 3.71. The van der Waals surface area contributed by atoms with Crippen molar-refractivity contribution in [2.24, 2.45) is 5.73 Å². The molecule has 0 aromatic carbocycles. The van der Waals surface area contributed by atoms with Crippen molar-refractivity contribution < 1.29 is 9.90 Å². The van der Waals surface area contributed by atoms with E-state index in [-0.39, 0.29) is 12.5 Å². The summed E-state index contributed by atoms with van der Waals surface area (Å²) in [5.74, 6) is -0.821. The number of carboxylic acids is 1. The molecule has 0 radical (unpaired) electrons. The fraction of sp³-hybridized carbons (Fsp3) is 0.375. The molecule has 0 fully saturated rings. The van der Waals surface area contributed by atoms with Crippen molar-refractivity contribution in [2.45, 2.75) is 18.9 Å². The molecule has 1 unspecified atom stereocenters. The molecule has 0 amide bonds. The normalized spacial score (nSPS) is 12.8. The lowest BCUT2D eigenvalue weighted by Crippen LogP contribution is -2.10. The number of carboxylic acid groups (broad SMARTS) is 1. The molecule has 0 aliphatic rings. The number of hydrogen-bond acceptors (Lipinski definition) is 3. The predicted molar refractivity (Wildman–Crippen MR) is 53.1 cm³/mol. The van der Waals surface area contributed by atoms with Crippen LogP contribution in [0.1, 0.15) is 23.8 Å². The van der Waals surface area contributed by atoms with Crippen molar-refractivity contribution in [1.29, 1.82) is 0 Å². The number of rotatable bonds is 4. The van der Waals surface area contributed by atoms with Crippen LogP contribution in [0, 0.1) is 0 Å². The van der Waals surface area contributed by atoms with Gasteiger partial charge in [0.15, 0.2) is 0 Å². The Balaban J connectivity index is 2.48. The van der Waals surface area contributed by atoms with Crippen LogP contribution in [-0.2, 0) is 4.79 Å². The van der Waals surface area contributed by atoms with Gasteiger partial charge < -0.3 is 10.8 Å². The van der Waals surface area contributed by atoms with E-state index in [1.807, 2.05) is 0 Å². The Morgan fingerprint density at radius 1 is 1.77 bits per heavy atom. The molecule has 3 nitrogen and oxygen atoms in total. The van der Waals surface area contributed by atoms with E-state index in [2.05, 4.69) is 0 Å². The number of hydrogen-bond donors (Lipinski definition) is 2. The molecule has 0 aliphatic carbocycles. The SMILES string of the molecule is NC(CCC(=O)O)c1cc(Cl)cs1. The maximum Gasteiger partial charge on any atom is 0.303 e. The van der Waals surface area contributed by atoms with Crippen molar-refractivity contribution >= 4 is 28.9 Å². The number of aliphatic carboxylic acids is 1. The lowest BCUT2D eigenvalue weighted by Gasteiger charge is -2.06. The lowest BCUT2D eigenvalue weighted by molar-refractivity contribution is -0.137. The molecule has 5 heteroatoms. The summed E-state index contributed by atoms with van der Waals surface area (Å²) < 4.78 is 0. The molecule has 0 aliphatic heterocycles. The summed E-state index contributed by atoms with van der Waals surface area (Å²) in [5, 5.41) is 10.9. The molecule has 13 heavy (non-hydrogen) atoms. The first-order valence-corrected chi connectivity index (χ1v) is 5.06. The number of halogens is 1. The summed E-state index contributed by atoms with van der Waals surface area (Å²) in [7, 11) is 0. The van der Waals surface area contributed by atoms with Crippen molar-refractivity contribution in [1.82, 2.24) is 0 Å². The van der Waals surface area contributed by atoms with Crippen LogP contribution in [0.2, 0.25) is 5.02 Å². The molecule has 0 saturated carbocycles. The molecule has 1 heterocycles. The second-order valence-corrected chi connectivity index (χ2v) is 4.09. The molecule has 0 spiro atoms. The zero-order valence-corrected chi connectivity index (χ0v) is 8.44. The van der Waals surface area contributed by atoms with Crippen molar-refractivity contribution in [3.05, 3.63) is 21.3 Å². The molecule has 0 bridgehead atoms. The van der Waals surface area contributed by atoms with Gasteiger partial charge in [0.2, 0.25) is 0 Å². The van der Waals surface area contributed by atoms with Crippen LogP contribution in [0.15, 0.2) is 11.4 Å². The highest BCUT2D eigenvalue weighted by atomic mass is 35.5. The Labute approximate surface area is 85.1 Å². The zero-order valence-electron chi connectivity index (χ0n) is 6.87. The quantitative estimate of drug-likeness (QED) is 0.817. The van der Waals surface area contributed by atoms with Crippen LogP contribution in [0.4, 0.5) is 0 Å². The summed E-state index contributed by atoms with van der Waals surface area (Å²) in [6.07, 6.45) is 0.545. The third-order valence-electron chi connectivity index (χ3n) is 1.62. The molecule has 1 rings (SSSR count).